The third-order valence-corrected chi connectivity index (χ3v) is 4.97. The summed E-state index contributed by atoms with van der Waals surface area (Å²) in [5, 5.41) is 3.69. The molecule has 2 rings (SSSR count). The van der Waals surface area contributed by atoms with Gasteiger partial charge in [-0.15, -0.1) is 0 Å². The van der Waals surface area contributed by atoms with Crippen LogP contribution < -0.4 is 5.32 Å². The van der Waals surface area contributed by atoms with Crippen molar-refractivity contribution in [2.75, 3.05) is 29.9 Å². The standard InChI is InChI=1S/C16H26N2S/c1-3-18(4-2)12-14-7-5-8-15(11-14)17-16-9-6-10-19-13-16/h5,7-8,11,16-17H,3-4,6,9-10,12-13H2,1-2H3. The van der Waals surface area contributed by atoms with Gasteiger partial charge in [-0.2, -0.15) is 11.8 Å². The van der Waals surface area contributed by atoms with Crippen molar-refractivity contribution >= 4 is 17.4 Å². The number of nitrogens with zero attached hydrogens (tertiary/aromatic N) is 1. The molecule has 0 spiro atoms. The third-order valence-electron chi connectivity index (χ3n) is 3.76. The van der Waals surface area contributed by atoms with Crippen molar-refractivity contribution in [3.63, 3.8) is 0 Å². The first kappa shape index (κ1) is 14.7. The molecule has 0 aromatic heterocycles. The Bertz CT molecular complexity index is 371. The second-order valence-electron chi connectivity index (χ2n) is 5.22. The molecule has 1 saturated heterocycles. The number of nitrogens with one attached hydrogen (secondary N) is 1. The Morgan fingerprint density at radius 2 is 2.16 bits per heavy atom. The fraction of sp³-hybridized carbons (Fsp3) is 0.625. The number of anilines is 1. The summed E-state index contributed by atoms with van der Waals surface area (Å²) in [6, 6.07) is 9.58. The largest absolute Gasteiger partial charge is 0.381 e. The molecule has 1 aromatic rings. The van der Waals surface area contributed by atoms with Crippen molar-refractivity contribution in [2.24, 2.45) is 0 Å². The maximum Gasteiger partial charge on any atom is 0.0352 e. The van der Waals surface area contributed by atoms with Crippen LogP contribution in [0.1, 0.15) is 32.3 Å². The molecule has 1 heterocycles. The van der Waals surface area contributed by atoms with E-state index in [9.17, 15) is 0 Å². The SMILES string of the molecule is CCN(CC)Cc1cccc(NC2CCCSC2)c1. The zero-order valence-corrected chi connectivity index (χ0v) is 13.0. The molecule has 1 aliphatic rings. The van der Waals surface area contributed by atoms with Crippen molar-refractivity contribution in [3.05, 3.63) is 29.8 Å². The van der Waals surface area contributed by atoms with Crippen LogP contribution >= 0.6 is 11.8 Å². The second kappa shape index (κ2) is 7.81. The van der Waals surface area contributed by atoms with E-state index in [1.54, 1.807) is 0 Å². The molecular weight excluding hydrogens is 252 g/mol. The normalized spacial score (nSPS) is 19.6. The fourth-order valence-electron chi connectivity index (χ4n) is 2.56. The molecule has 1 aliphatic heterocycles. The van der Waals surface area contributed by atoms with Crippen LogP contribution in [-0.4, -0.2) is 35.5 Å². The smallest absolute Gasteiger partial charge is 0.0352 e. The highest BCUT2D eigenvalue weighted by atomic mass is 32.2. The van der Waals surface area contributed by atoms with Gasteiger partial charge >= 0.3 is 0 Å². The molecule has 1 fully saturated rings. The summed E-state index contributed by atoms with van der Waals surface area (Å²) in [6.07, 6.45) is 2.66. The van der Waals surface area contributed by atoms with Crippen LogP contribution in [0.2, 0.25) is 0 Å². The molecule has 0 aliphatic carbocycles. The Hall–Kier alpha value is -0.670. The summed E-state index contributed by atoms with van der Waals surface area (Å²) in [4.78, 5) is 2.45. The number of hydrogen-bond acceptors (Lipinski definition) is 3. The lowest BCUT2D eigenvalue weighted by Crippen LogP contribution is -2.26. The van der Waals surface area contributed by atoms with Gasteiger partial charge in [0.1, 0.15) is 0 Å². The summed E-state index contributed by atoms with van der Waals surface area (Å²) in [5.74, 6) is 2.58. The minimum absolute atomic E-state index is 0.655. The molecule has 0 amide bonds. The zero-order chi connectivity index (χ0) is 13.5. The van der Waals surface area contributed by atoms with E-state index in [2.05, 4.69) is 60.1 Å². The van der Waals surface area contributed by atoms with E-state index in [0.717, 1.165) is 19.6 Å². The van der Waals surface area contributed by atoms with E-state index >= 15 is 0 Å². The predicted octanol–water partition coefficient (Wildman–Crippen LogP) is 3.84. The first-order valence-corrected chi connectivity index (χ1v) is 8.63. The molecule has 106 valence electrons. The molecule has 1 N–H and O–H groups in total. The van der Waals surface area contributed by atoms with Crippen LogP contribution in [-0.2, 0) is 6.54 Å². The molecule has 0 bridgehead atoms. The van der Waals surface area contributed by atoms with E-state index < -0.39 is 0 Å². The highest BCUT2D eigenvalue weighted by Gasteiger charge is 2.13. The van der Waals surface area contributed by atoms with E-state index in [0.29, 0.717) is 6.04 Å². The highest BCUT2D eigenvalue weighted by molar-refractivity contribution is 7.99. The van der Waals surface area contributed by atoms with E-state index in [1.807, 2.05) is 0 Å². The molecule has 1 unspecified atom stereocenters. The highest BCUT2D eigenvalue weighted by Crippen LogP contribution is 2.21. The number of benzene rings is 1. The van der Waals surface area contributed by atoms with Crippen LogP contribution in [0.5, 0.6) is 0 Å². The lowest BCUT2D eigenvalue weighted by molar-refractivity contribution is 0.296. The lowest BCUT2D eigenvalue weighted by atomic mass is 10.1. The Kier molecular flexibility index (Phi) is 6.05. The summed E-state index contributed by atoms with van der Waals surface area (Å²) < 4.78 is 0. The summed E-state index contributed by atoms with van der Waals surface area (Å²) >= 11 is 2.07. The Morgan fingerprint density at radius 1 is 1.32 bits per heavy atom. The van der Waals surface area contributed by atoms with Crippen molar-refractivity contribution in [1.82, 2.24) is 4.90 Å². The summed E-state index contributed by atoms with van der Waals surface area (Å²) in [5.41, 5.74) is 2.70. The molecule has 2 nitrogen and oxygen atoms in total. The van der Waals surface area contributed by atoms with Gasteiger partial charge in [-0.05, 0) is 49.4 Å². The molecule has 3 heteroatoms. The van der Waals surface area contributed by atoms with Crippen LogP contribution in [0.25, 0.3) is 0 Å². The van der Waals surface area contributed by atoms with Crippen LogP contribution in [0.15, 0.2) is 24.3 Å². The Balaban J connectivity index is 1.94. The van der Waals surface area contributed by atoms with Gasteiger partial charge in [0.05, 0.1) is 0 Å². The van der Waals surface area contributed by atoms with E-state index in [4.69, 9.17) is 0 Å². The van der Waals surface area contributed by atoms with Crippen LogP contribution in [0.3, 0.4) is 0 Å². The Labute approximate surface area is 122 Å². The maximum absolute atomic E-state index is 3.69. The van der Waals surface area contributed by atoms with Crippen LogP contribution in [0, 0.1) is 0 Å². The molecular formula is C16H26N2S. The van der Waals surface area contributed by atoms with Crippen molar-refractivity contribution in [2.45, 2.75) is 39.3 Å². The number of thioether (sulfide) groups is 1. The summed E-state index contributed by atoms with van der Waals surface area (Å²) in [7, 11) is 0. The van der Waals surface area contributed by atoms with E-state index in [-0.39, 0.29) is 0 Å². The minimum Gasteiger partial charge on any atom is -0.381 e. The molecule has 0 saturated carbocycles. The number of hydrogen-bond donors (Lipinski definition) is 1. The predicted molar refractivity (Wildman–Crippen MR) is 87.0 cm³/mol. The van der Waals surface area contributed by atoms with Gasteiger partial charge < -0.3 is 5.32 Å². The topological polar surface area (TPSA) is 15.3 Å². The van der Waals surface area contributed by atoms with Crippen molar-refractivity contribution in [3.8, 4) is 0 Å². The monoisotopic (exact) mass is 278 g/mol. The fourth-order valence-corrected chi connectivity index (χ4v) is 3.63. The first-order valence-electron chi connectivity index (χ1n) is 7.47. The first-order chi connectivity index (χ1) is 9.31. The van der Waals surface area contributed by atoms with Gasteiger partial charge in [0, 0.05) is 24.0 Å². The second-order valence-corrected chi connectivity index (χ2v) is 6.37. The number of rotatable bonds is 6. The quantitative estimate of drug-likeness (QED) is 0.851. The Morgan fingerprint density at radius 3 is 2.84 bits per heavy atom. The van der Waals surface area contributed by atoms with Gasteiger partial charge in [-0.1, -0.05) is 26.0 Å². The molecule has 0 radical (unpaired) electrons. The van der Waals surface area contributed by atoms with Crippen molar-refractivity contribution < 1.29 is 0 Å². The third kappa shape index (κ3) is 4.73. The zero-order valence-electron chi connectivity index (χ0n) is 12.2. The average molecular weight is 278 g/mol. The van der Waals surface area contributed by atoms with Crippen LogP contribution in [0.4, 0.5) is 5.69 Å². The van der Waals surface area contributed by atoms with Gasteiger partial charge in [0.15, 0.2) is 0 Å². The van der Waals surface area contributed by atoms with E-state index in [1.165, 1.54) is 35.6 Å². The molecule has 1 aromatic carbocycles. The lowest BCUT2D eigenvalue weighted by Gasteiger charge is -2.24. The summed E-state index contributed by atoms with van der Waals surface area (Å²) in [6.45, 7) is 7.75. The minimum atomic E-state index is 0.655. The van der Waals surface area contributed by atoms with Gasteiger partial charge in [0.2, 0.25) is 0 Å². The van der Waals surface area contributed by atoms with Gasteiger partial charge in [-0.3, -0.25) is 4.90 Å². The average Bonchev–Trinajstić information content (AvgIpc) is 2.46. The maximum atomic E-state index is 3.69. The van der Waals surface area contributed by atoms with Crippen molar-refractivity contribution in [1.29, 1.82) is 0 Å². The molecule has 1 atom stereocenters. The molecule has 19 heavy (non-hydrogen) atoms. The van der Waals surface area contributed by atoms with Gasteiger partial charge in [0.25, 0.3) is 0 Å². The van der Waals surface area contributed by atoms with Gasteiger partial charge in [-0.25, -0.2) is 0 Å².